The van der Waals surface area contributed by atoms with Gasteiger partial charge in [-0.25, -0.2) is 0 Å². The van der Waals surface area contributed by atoms with E-state index in [1.54, 1.807) is 11.1 Å². The van der Waals surface area contributed by atoms with Crippen molar-refractivity contribution in [2.24, 2.45) is 11.8 Å². The van der Waals surface area contributed by atoms with Crippen LogP contribution in [0.3, 0.4) is 0 Å². The van der Waals surface area contributed by atoms with Crippen molar-refractivity contribution in [3.8, 4) is 0 Å². The summed E-state index contributed by atoms with van der Waals surface area (Å²) in [5, 5.41) is 0. The Labute approximate surface area is 166 Å². The van der Waals surface area contributed by atoms with Gasteiger partial charge in [0.05, 0.1) is 18.2 Å². The van der Waals surface area contributed by atoms with E-state index in [2.05, 4.69) is 15.8 Å². The molecule has 2 amide bonds. The number of nitrogens with one attached hydrogen (secondary N) is 2. The molecule has 2 saturated heterocycles. The van der Waals surface area contributed by atoms with E-state index in [4.69, 9.17) is 0 Å². The average molecular weight is 386 g/mol. The quantitative estimate of drug-likeness (QED) is 0.799. The molecule has 0 spiro atoms. The first kappa shape index (κ1) is 19.3. The number of likely N-dealkylation sites (N-methyl/N-ethyl adjacent to an activating group) is 1. The summed E-state index contributed by atoms with van der Waals surface area (Å²) in [6.07, 6.45) is 7.84. The van der Waals surface area contributed by atoms with E-state index in [1.165, 1.54) is 25.7 Å². The fraction of sp³-hybridized carbons (Fsp3) is 0.667. The van der Waals surface area contributed by atoms with Crippen molar-refractivity contribution in [2.75, 3.05) is 20.1 Å². The second kappa shape index (κ2) is 8.57. The van der Waals surface area contributed by atoms with Crippen LogP contribution in [0.15, 0.2) is 24.4 Å². The summed E-state index contributed by atoms with van der Waals surface area (Å²) in [5.41, 5.74) is 7.71. The summed E-state index contributed by atoms with van der Waals surface area (Å²) in [5.74, 6) is 0.754. The summed E-state index contributed by atoms with van der Waals surface area (Å²) in [6, 6.07) is 6.57. The van der Waals surface area contributed by atoms with Crippen molar-refractivity contribution < 1.29 is 9.59 Å². The van der Waals surface area contributed by atoms with Crippen molar-refractivity contribution in [1.29, 1.82) is 0 Å². The van der Waals surface area contributed by atoms with Gasteiger partial charge in [-0.05, 0) is 37.3 Å². The Hall–Kier alpha value is -1.99. The molecule has 4 atom stereocenters. The molecule has 3 fully saturated rings. The molecule has 1 aliphatic carbocycles. The van der Waals surface area contributed by atoms with Gasteiger partial charge in [0.25, 0.3) is 0 Å². The van der Waals surface area contributed by atoms with Gasteiger partial charge in [0.1, 0.15) is 0 Å². The van der Waals surface area contributed by atoms with E-state index >= 15 is 0 Å². The monoisotopic (exact) mass is 385 g/mol. The summed E-state index contributed by atoms with van der Waals surface area (Å²) in [6.45, 7) is 1.68. The standard InChI is InChI=1S/C21H31N5O2/c1-25(14-19-17-7-2-3-8-18(17)23-24-19)21(28)15-9-10-20(27)26(12-15)13-16-6-4-5-11-22-16/h4-6,11,15,17-19,23-24H,2-3,7-10,12-14H2,1H3. The maximum absolute atomic E-state index is 13.1. The fourth-order valence-electron chi connectivity index (χ4n) is 4.98. The van der Waals surface area contributed by atoms with Gasteiger partial charge >= 0.3 is 0 Å². The maximum Gasteiger partial charge on any atom is 0.227 e. The lowest BCUT2D eigenvalue weighted by Crippen LogP contribution is -2.49. The van der Waals surface area contributed by atoms with E-state index in [0.717, 1.165) is 12.2 Å². The molecule has 7 nitrogen and oxygen atoms in total. The molecule has 4 rings (SSSR count). The molecule has 7 heteroatoms. The smallest absolute Gasteiger partial charge is 0.227 e. The highest BCUT2D eigenvalue weighted by atomic mass is 16.2. The van der Waals surface area contributed by atoms with E-state index in [0.29, 0.717) is 43.9 Å². The number of likely N-dealkylation sites (tertiary alicyclic amines) is 1. The molecule has 0 aromatic carbocycles. The minimum atomic E-state index is -0.122. The Bertz CT molecular complexity index is 697. The van der Waals surface area contributed by atoms with Crippen molar-refractivity contribution in [1.82, 2.24) is 25.6 Å². The maximum atomic E-state index is 13.1. The van der Waals surface area contributed by atoms with Crippen molar-refractivity contribution in [3.05, 3.63) is 30.1 Å². The highest BCUT2D eigenvalue weighted by Crippen LogP contribution is 2.30. The Kier molecular flexibility index (Phi) is 5.92. The zero-order valence-corrected chi connectivity index (χ0v) is 16.6. The van der Waals surface area contributed by atoms with Gasteiger partial charge in [-0.15, -0.1) is 0 Å². The molecule has 152 valence electrons. The third kappa shape index (κ3) is 4.20. The number of amides is 2. The predicted octanol–water partition coefficient (Wildman–Crippen LogP) is 1.31. The molecule has 4 unspecified atom stereocenters. The molecule has 3 aliphatic rings. The third-order valence-corrected chi connectivity index (χ3v) is 6.57. The van der Waals surface area contributed by atoms with Gasteiger partial charge in [-0.2, -0.15) is 0 Å². The Balaban J connectivity index is 1.34. The lowest BCUT2D eigenvalue weighted by molar-refractivity contribution is -0.143. The molecule has 1 aromatic heterocycles. The van der Waals surface area contributed by atoms with Crippen molar-refractivity contribution in [3.63, 3.8) is 0 Å². The van der Waals surface area contributed by atoms with E-state index < -0.39 is 0 Å². The number of nitrogens with zero attached hydrogens (tertiary/aromatic N) is 3. The van der Waals surface area contributed by atoms with Gasteiger partial charge in [-0.1, -0.05) is 18.9 Å². The molecule has 0 bridgehead atoms. The number of carbonyl (C=O) groups is 2. The average Bonchev–Trinajstić information content (AvgIpc) is 3.13. The van der Waals surface area contributed by atoms with Gasteiger partial charge in [0, 0.05) is 44.8 Å². The number of carbonyl (C=O) groups excluding carboxylic acids is 2. The van der Waals surface area contributed by atoms with Crippen LogP contribution in [-0.4, -0.2) is 58.8 Å². The number of aromatic nitrogens is 1. The van der Waals surface area contributed by atoms with Crippen molar-refractivity contribution in [2.45, 2.75) is 57.2 Å². The van der Waals surface area contributed by atoms with Gasteiger partial charge in [0.2, 0.25) is 11.8 Å². The predicted molar refractivity (Wildman–Crippen MR) is 106 cm³/mol. The van der Waals surface area contributed by atoms with Crippen LogP contribution in [0, 0.1) is 11.8 Å². The molecule has 1 saturated carbocycles. The number of fused-ring (bicyclic) bond motifs is 1. The first-order valence-corrected chi connectivity index (χ1v) is 10.6. The van der Waals surface area contributed by atoms with Crippen LogP contribution < -0.4 is 10.9 Å². The Morgan fingerprint density at radius 2 is 2.11 bits per heavy atom. The molecular weight excluding hydrogens is 354 g/mol. The van der Waals surface area contributed by atoms with Crippen LogP contribution >= 0.6 is 0 Å². The van der Waals surface area contributed by atoms with E-state index in [1.807, 2.05) is 30.1 Å². The number of pyridine rings is 1. The van der Waals surface area contributed by atoms with Crippen molar-refractivity contribution >= 4 is 11.8 Å². The molecule has 2 aliphatic heterocycles. The molecule has 3 heterocycles. The van der Waals surface area contributed by atoms with Crippen LogP contribution in [0.2, 0.25) is 0 Å². The minimum absolute atomic E-state index is 0.115. The second-order valence-electron chi connectivity index (χ2n) is 8.50. The van der Waals surface area contributed by atoms with Crippen LogP contribution in [0.1, 0.15) is 44.2 Å². The number of hydrazine groups is 1. The topological polar surface area (TPSA) is 77.6 Å². The molecule has 28 heavy (non-hydrogen) atoms. The lowest BCUT2D eigenvalue weighted by Gasteiger charge is -2.35. The van der Waals surface area contributed by atoms with Gasteiger partial charge in [0.15, 0.2) is 0 Å². The normalized spacial score (nSPS) is 30.2. The summed E-state index contributed by atoms with van der Waals surface area (Å²) in [4.78, 5) is 33.4. The molecule has 1 aromatic rings. The zero-order valence-electron chi connectivity index (χ0n) is 16.6. The summed E-state index contributed by atoms with van der Waals surface area (Å²) in [7, 11) is 1.90. The van der Waals surface area contributed by atoms with E-state index in [9.17, 15) is 9.59 Å². The number of hydrogen-bond donors (Lipinski definition) is 2. The highest BCUT2D eigenvalue weighted by Gasteiger charge is 2.39. The molecule has 0 radical (unpaired) electrons. The SMILES string of the molecule is CN(CC1NNC2CCCCC21)C(=O)C1CCC(=O)N(Cc2ccccn2)C1. The summed E-state index contributed by atoms with van der Waals surface area (Å²) >= 11 is 0. The first-order valence-electron chi connectivity index (χ1n) is 10.6. The Morgan fingerprint density at radius 1 is 1.25 bits per heavy atom. The van der Waals surface area contributed by atoms with Crippen LogP contribution in [0.4, 0.5) is 0 Å². The largest absolute Gasteiger partial charge is 0.344 e. The second-order valence-corrected chi connectivity index (χ2v) is 8.50. The van der Waals surface area contributed by atoms with Crippen LogP contribution in [-0.2, 0) is 16.1 Å². The van der Waals surface area contributed by atoms with Crippen LogP contribution in [0.25, 0.3) is 0 Å². The summed E-state index contributed by atoms with van der Waals surface area (Å²) < 4.78 is 0. The number of hydrogen-bond acceptors (Lipinski definition) is 5. The fourth-order valence-corrected chi connectivity index (χ4v) is 4.98. The van der Waals surface area contributed by atoms with E-state index in [-0.39, 0.29) is 17.7 Å². The third-order valence-electron chi connectivity index (χ3n) is 6.57. The lowest BCUT2D eigenvalue weighted by atomic mass is 9.81. The zero-order chi connectivity index (χ0) is 19.5. The van der Waals surface area contributed by atoms with Gasteiger partial charge < -0.3 is 9.80 Å². The first-order chi connectivity index (χ1) is 13.6. The molecular formula is C21H31N5O2. The number of piperidine rings is 1. The molecule has 2 N–H and O–H groups in total. The highest BCUT2D eigenvalue weighted by molar-refractivity contribution is 5.83. The minimum Gasteiger partial charge on any atom is -0.344 e. The van der Waals surface area contributed by atoms with Crippen LogP contribution in [0.5, 0.6) is 0 Å². The Morgan fingerprint density at radius 3 is 2.93 bits per heavy atom. The number of rotatable bonds is 5. The van der Waals surface area contributed by atoms with Gasteiger partial charge in [-0.3, -0.25) is 25.4 Å².